The second-order valence-electron chi connectivity index (χ2n) is 4.10. The molecular weight excluding hydrogens is 282 g/mol. The number of carbonyl (C=O) groups is 1. The van der Waals surface area contributed by atoms with Gasteiger partial charge in [0, 0.05) is 17.5 Å². The average molecular weight is 293 g/mol. The molecule has 20 heavy (non-hydrogen) atoms. The first kappa shape index (κ1) is 13.9. The van der Waals surface area contributed by atoms with E-state index in [0.717, 1.165) is 5.56 Å². The Morgan fingerprint density at radius 1 is 1.55 bits per heavy atom. The molecule has 7 nitrogen and oxygen atoms in total. The number of carboxylic acids is 1. The van der Waals surface area contributed by atoms with Gasteiger partial charge in [-0.05, 0) is 12.5 Å². The fourth-order valence-corrected chi connectivity index (χ4v) is 2.30. The SMILES string of the molecule is Cc1ccc([N+](=O)[O-])cc1Nc1nc(CC(=O)O)cs1. The highest BCUT2D eigenvalue weighted by Gasteiger charge is 2.11. The molecule has 2 aromatic rings. The van der Waals surface area contributed by atoms with E-state index in [0.29, 0.717) is 16.5 Å². The van der Waals surface area contributed by atoms with Crippen molar-refractivity contribution in [3.63, 3.8) is 0 Å². The molecule has 1 aromatic heterocycles. The quantitative estimate of drug-likeness (QED) is 0.648. The van der Waals surface area contributed by atoms with Crippen LogP contribution >= 0.6 is 11.3 Å². The molecular formula is C12H11N3O4S. The highest BCUT2D eigenvalue weighted by molar-refractivity contribution is 7.13. The van der Waals surface area contributed by atoms with Crippen LogP contribution in [0.3, 0.4) is 0 Å². The summed E-state index contributed by atoms with van der Waals surface area (Å²) in [6.45, 7) is 1.82. The van der Waals surface area contributed by atoms with Crippen molar-refractivity contribution in [1.82, 2.24) is 4.98 Å². The number of nitrogens with zero attached hydrogens (tertiary/aromatic N) is 2. The fourth-order valence-electron chi connectivity index (χ4n) is 1.57. The average Bonchev–Trinajstić information content (AvgIpc) is 2.78. The second kappa shape index (κ2) is 5.66. The van der Waals surface area contributed by atoms with Crippen LogP contribution in [-0.2, 0) is 11.2 Å². The first-order chi connectivity index (χ1) is 9.45. The van der Waals surface area contributed by atoms with Crippen molar-refractivity contribution in [2.75, 3.05) is 5.32 Å². The lowest BCUT2D eigenvalue weighted by molar-refractivity contribution is -0.384. The number of nitrogens with one attached hydrogen (secondary N) is 1. The van der Waals surface area contributed by atoms with Gasteiger partial charge in [-0.1, -0.05) is 6.07 Å². The van der Waals surface area contributed by atoms with Gasteiger partial charge in [0.25, 0.3) is 5.69 Å². The number of aliphatic carboxylic acids is 1. The van der Waals surface area contributed by atoms with Crippen molar-refractivity contribution in [3.05, 3.63) is 45.0 Å². The lowest BCUT2D eigenvalue weighted by Gasteiger charge is -2.06. The van der Waals surface area contributed by atoms with Gasteiger partial charge in [0.15, 0.2) is 5.13 Å². The van der Waals surface area contributed by atoms with Crippen molar-refractivity contribution in [1.29, 1.82) is 0 Å². The van der Waals surface area contributed by atoms with Crippen LogP contribution in [0, 0.1) is 17.0 Å². The summed E-state index contributed by atoms with van der Waals surface area (Å²) < 4.78 is 0. The summed E-state index contributed by atoms with van der Waals surface area (Å²) in [5.41, 5.74) is 1.86. The Labute approximate surface area is 118 Å². The largest absolute Gasteiger partial charge is 0.481 e. The van der Waals surface area contributed by atoms with Gasteiger partial charge in [-0.3, -0.25) is 14.9 Å². The van der Waals surface area contributed by atoms with Crippen LogP contribution in [0.4, 0.5) is 16.5 Å². The summed E-state index contributed by atoms with van der Waals surface area (Å²) in [5.74, 6) is -0.951. The molecule has 2 N–H and O–H groups in total. The summed E-state index contributed by atoms with van der Waals surface area (Å²) in [5, 5.41) is 24.5. The van der Waals surface area contributed by atoms with E-state index in [9.17, 15) is 14.9 Å². The molecule has 0 aliphatic carbocycles. The highest BCUT2D eigenvalue weighted by Crippen LogP contribution is 2.27. The van der Waals surface area contributed by atoms with Crippen molar-refractivity contribution >= 4 is 33.8 Å². The molecule has 0 radical (unpaired) electrons. The Bertz CT molecular complexity index is 668. The number of nitro groups is 1. The first-order valence-electron chi connectivity index (χ1n) is 5.64. The Kier molecular flexibility index (Phi) is 3.94. The number of hydrogen-bond donors (Lipinski definition) is 2. The first-order valence-corrected chi connectivity index (χ1v) is 6.52. The molecule has 8 heteroatoms. The van der Waals surface area contributed by atoms with Gasteiger partial charge >= 0.3 is 5.97 Å². The van der Waals surface area contributed by atoms with E-state index in [1.54, 1.807) is 11.4 Å². The van der Waals surface area contributed by atoms with E-state index in [-0.39, 0.29) is 12.1 Å². The molecule has 104 valence electrons. The fraction of sp³-hybridized carbons (Fsp3) is 0.167. The van der Waals surface area contributed by atoms with Crippen LogP contribution < -0.4 is 5.32 Å². The number of benzene rings is 1. The maximum atomic E-state index is 10.7. The van der Waals surface area contributed by atoms with Crippen LogP contribution in [-0.4, -0.2) is 21.0 Å². The molecule has 2 rings (SSSR count). The molecule has 1 aromatic carbocycles. The standard InChI is InChI=1S/C12H11N3O4S/c1-7-2-3-9(15(18)19)5-10(7)14-12-13-8(6-20-12)4-11(16)17/h2-3,5-6H,4H2,1H3,(H,13,14)(H,16,17). The van der Waals surface area contributed by atoms with Gasteiger partial charge in [-0.25, -0.2) is 4.98 Å². The number of hydrogen-bond acceptors (Lipinski definition) is 6. The van der Waals surface area contributed by atoms with Gasteiger partial charge in [-0.2, -0.15) is 0 Å². The minimum absolute atomic E-state index is 0.0135. The Morgan fingerprint density at radius 3 is 2.95 bits per heavy atom. The summed E-state index contributed by atoms with van der Waals surface area (Å²) >= 11 is 1.25. The van der Waals surface area contributed by atoms with Crippen molar-refractivity contribution < 1.29 is 14.8 Å². The molecule has 0 bridgehead atoms. The third kappa shape index (κ3) is 3.29. The lowest BCUT2D eigenvalue weighted by Crippen LogP contribution is -2.00. The number of nitro benzene ring substituents is 1. The molecule has 1 heterocycles. The maximum absolute atomic E-state index is 10.7. The van der Waals surface area contributed by atoms with Gasteiger partial charge in [0.1, 0.15) is 0 Å². The highest BCUT2D eigenvalue weighted by atomic mass is 32.1. The van der Waals surface area contributed by atoms with E-state index in [1.165, 1.54) is 23.5 Å². The minimum Gasteiger partial charge on any atom is -0.481 e. The predicted molar refractivity (Wildman–Crippen MR) is 74.6 cm³/mol. The van der Waals surface area contributed by atoms with Gasteiger partial charge in [0.05, 0.1) is 22.7 Å². The third-order valence-electron chi connectivity index (χ3n) is 2.56. The summed E-state index contributed by atoms with van der Waals surface area (Å²) in [6, 6.07) is 4.50. The van der Waals surface area contributed by atoms with Crippen LogP contribution in [0.2, 0.25) is 0 Å². The summed E-state index contributed by atoms with van der Waals surface area (Å²) in [4.78, 5) is 25.0. The van der Waals surface area contributed by atoms with Crippen LogP contribution in [0.1, 0.15) is 11.3 Å². The van der Waals surface area contributed by atoms with Crippen molar-refractivity contribution in [2.24, 2.45) is 0 Å². The molecule has 0 aliphatic rings. The molecule has 0 saturated carbocycles. The van der Waals surface area contributed by atoms with Gasteiger partial charge in [0.2, 0.25) is 0 Å². The molecule has 0 unspecified atom stereocenters. The minimum atomic E-state index is -0.951. The van der Waals surface area contributed by atoms with Gasteiger partial charge < -0.3 is 10.4 Å². The normalized spacial score (nSPS) is 10.2. The second-order valence-corrected chi connectivity index (χ2v) is 4.95. The monoisotopic (exact) mass is 293 g/mol. The van der Waals surface area contributed by atoms with Crippen LogP contribution in [0.15, 0.2) is 23.6 Å². The number of carboxylic acid groups (broad SMARTS) is 1. The number of anilines is 2. The number of rotatable bonds is 5. The van der Waals surface area contributed by atoms with Crippen LogP contribution in [0.5, 0.6) is 0 Å². The van der Waals surface area contributed by atoms with Gasteiger partial charge in [-0.15, -0.1) is 11.3 Å². The predicted octanol–water partition coefficient (Wildman–Crippen LogP) is 2.73. The summed E-state index contributed by atoms with van der Waals surface area (Å²) in [7, 11) is 0. The number of non-ortho nitro benzene ring substituents is 1. The summed E-state index contributed by atoms with van der Waals surface area (Å²) in [6.07, 6.45) is -0.147. The Morgan fingerprint density at radius 2 is 2.30 bits per heavy atom. The smallest absolute Gasteiger partial charge is 0.309 e. The van der Waals surface area contributed by atoms with Crippen molar-refractivity contribution in [3.8, 4) is 0 Å². The van der Waals surface area contributed by atoms with Crippen molar-refractivity contribution in [2.45, 2.75) is 13.3 Å². The van der Waals surface area contributed by atoms with Crippen LogP contribution in [0.25, 0.3) is 0 Å². The van der Waals surface area contributed by atoms with E-state index in [1.807, 2.05) is 6.92 Å². The topological polar surface area (TPSA) is 105 Å². The zero-order chi connectivity index (χ0) is 14.7. The Balaban J connectivity index is 2.21. The maximum Gasteiger partial charge on any atom is 0.309 e. The molecule has 0 atom stereocenters. The zero-order valence-electron chi connectivity index (χ0n) is 10.5. The molecule has 0 spiro atoms. The molecule has 0 saturated heterocycles. The molecule has 0 amide bonds. The number of aromatic nitrogens is 1. The molecule has 0 aliphatic heterocycles. The van der Waals surface area contributed by atoms with E-state index in [2.05, 4.69) is 10.3 Å². The zero-order valence-corrected chi connectivity index (χ0v) is 11.3. The lowest BCUT2D eigenvalue weighted by atomic mass is 10.2. The molecule has 0 fully saturated rings. The number of thiazole rings is 1. The van der Waals surface area contributed by atoms with E-state index < -0.39 is 10.9 Å². The third-order valence-corrected chi connectivity index (χ3v) is 3.36. The Hall–Kier alpha value is -2.48. The van der Waals surface area contributed by atoms with E-state index >= 15 is 0 Å². The van der Waals surface area contributed by atoms with E-state index in [4.69, 9.17) is 5.11 Å². The number of aryl methyl sites for hydroxylation is 1.